The van der Waals surface area contributed by atoms with E-state index in [0.29, 0.717) is 20.5 Å². The Morgan fingerprint density at radius 3 is 2.64 bits per heavy atom. The van der Waals surface area contributed by atoms with Crippen LogP contribution in [0.15, 0.2) is 24.3 Å². The van der Waals surface area contributed by atoms with Crippen LogP contribution < -0.4 is 10.9 Å². The van der Waals surface area contributed by atoms with Gasteiger partial charge in [0.1, 0.15) is 12.4 Å². The average Bonchev–Trinajstić information content (AvgIpc) is 3.05. The van der Waals surface area contributed by atoms with Crippen LogP contribution in [0.2, 0.25) is 0 Å². The monoisotopic (exact) mass is 360 g/mol. The summed E-state index contributed by atoms with van der Waals surface area (Å²) in [5.74, 6) is -1.23. The summed E-state index contributed by atoms with van der Waals surface area (Å²) in [7, 11) is 0. The van der Waals surface area contributed by atoms with Gasteiger partial charge in [-0.3, -0.25) is 25.1 Å². The second-order valence-corrected chi connectivity index (χ2v) is 6.81. The van der Waals surface area contributed by atoms with Crippen molar-refractivity contribution in [3.05, 3.63) is 51.9 Å². The molecule has 0 aliphatic carbocycles. The smallest absolute Gasteiger partial charge is 0.271 e. The van der Waals surface area contributed by atoms with Gasteiger partial charge in [0.2, 0.25) is 0 Å². The summed E-state index contributed by atoms with van der Waals surface area (Å²) in [5, 5.41) is 4.63. The summed E-state index contributed by atoms with van der Waals surface area (Å²) in [4.78, 5) is 24.7. The predicted molar refractivity (Wildman–Crippen MR) is 93.8 cm³/mol. The Morgan fingerprint density at radius 2 is 2.00 bits per heavy atom. The topological polar surface area (TPSA) is 76.0 Å². The zero-order valence-corrected chi connectivity index (χ0v) is 14.8. The number of carbonyl (C=O) groups is 2. The Labute approximate surface area is 147 Å². The summed E-state index contributed by atoms with van der Waals surface area (Å²) < 4.78 is 16.2. The second kappa shape index (κ2) is 6.64. The maximum Gasteiger partial charge on any atom is 0.280 e. The van der Waals surface area contributed by atoms with Crippen molar-refractivity contribution in [1.82, 2.24) is 20.6 Å². The highest BCUT2D eigenvalue weighted by atomic mass is 32.1. The molecule has 0 unspecified atom stereocenters. The molecular formula is C17H17FN4O2S. The SMILES string of the molecule is Cc1cc(C)n(CC(=O)NNC(=O)c2sc3cccc(F)c3c2C)n1. The summed E-state index contributed by atoms with van der Waals surface area (Å²) in [6.07, 6.45) is 0. The Kier molecular flexibility index (Phi) is 4.54. The zero-order chi connectivity index (χ0) is 18.1. The number of thiophene rings is 1. The number of halogens is 1. The molecule has 130 valence electrons. The normalized spacial score (nSPS) is 10.9. The minimum atomic E-state index is -0.472. The Balaban J connectivity index is 1.68. The quantitative estimate of drug-likeness (QED) is 0.705. The molecular weight excluding hydrogens is 343 g/mol. The maximum absolute atomic E-state index is 13.9. The molecule has 0 saturated carbocycles. The van der Waals surface area contributed by atoms with Crippen LogP contribution in [0.5, 0.6) is 0 Å². The van der Waals surface area contributed by atoms with E-state index in [-0.39, 0.29) is 12.4 Å². The van der Waals surface area contributed by atoms with E-state index in [0.717, 1.165) is 11.4 Å². The van der Waals surface area contributed by atoms with E-state index in [1.165, 1.54) is 17.4 Å². The lowest BCUT2D eigenvalue weighted by molar-refractivity contribution is -0.122. The minimum Gasteiger partial charge on any atom is -0.271 e. The lowest BCUT2D eigenvalue weighted by Crippen LogP contribution is -2.43. The summed E-state index contributed by atoms with van der Waals surface area (Å²) in [6, 6.07) is 6.58. The van der Waals surface area contributed by atoms with Crippen molar-refractivity contribution >= 4 is 33.2 Å². The molecule has 8 heteroatoms. The highest BCUT2D eigenvalue weighted by molar-refractivity contribution is 7.21. The van der Waals surface area contributed by atoms with Crippen LogP contribution in [0.4, 0.5) is 4.39 Å². The fraction of sp³-hybridized carbons (Fsp3) is 0.235. The number of nitrogens with zero attached hydrogens (tertiary/aromatic N) is 2. The number of aryl methyl sites for hydroxylation is 3. The zero-order valence-electron chi connectivity index (χ0n) is 14.0. The van der Waals surface area contributed by atoms with E-state index < -0.39 is 11.8 Å². The van der Waals surface area contributed by atoms with Gasteiger partial charge in [0, 0.05) is 15.8 Å². The number of hydrazine groups is 1. The maximum atomic E-state index is 13.9. The van der Waals surface area contributed by atoms with Crippen molar-refractivity contribution in [2.24, 2.45) is 0 Å². The van der Waals surface area contributed by atoms with E-state index in [1.54, 1.807) is 23.7 Å². The van der Waals surface area contributed by atoms with Crippen LogP contribution in [-0.2, 0) is 11.3 Å². The third-order valence-corrected chi connectivity index (χ3v) is 5.08. The number of benzene rings is 1. The van der Waals surface area contributed by atoms with Gasteiger partial charge in [0.15, 0.2) is 0 Å². The molecule has 3 rings (SSSR count). The van der Waals surface area contributed by atoms with Crippen molar-refractivity contribution in [3.63, 3.8) is 0 Å². The summed E-state index contributed by atoms with van der Waals surface area (Å²) in [5.41, 5.74) is 6.97. The molecule has 0 fully saturated rings. The lowest BCUT2D eigenvalue weighted by Gasteiger charge is -2.08. The number of fused-ring (bicyclic) bond motifs is 1. The van der Waals surface area contributed by atoms with E-state index >= 15 is 0 Å². The standard InChI is InChI=1S/C17H17FN4O2S/c1-9-7-10(2)22(21-9)8-14(23)19-20-17(24)16-11(3)15-12(18)5-4-6-13(15)25-16/h4-7H,8H2,1-3H3,(H,19,23)(H,20,24). The number of aromatic nitrogens is 2. The van der Waals surface area contributed by atoms with Gasteiger partial charge in [-0.1, -0.05) is 6.07 Å². The molecule has 0 saturated heterocycles. The van der Waals surface area contributed by atoms with E-state index in [1.807, 2.05) is 19.9 Å². The molecule has 25 heavy (non-hydrogen) atoms. The van der Waals surface area contributed by atoms with Crippen LogP contribution in [0, 0.1) is 26.6 Å². The molecule has 0 aliphatic rings. The Bertz CT molecular complexity index is 977. The summed E-state index contributed by atoms with van der Waals surface area (Å²) in [6.45, 7) is 5.38. The van der Waals surface area contributed by atoms with Crippen LogP contribution in [0.25, 0.3) is 10.1 Å². The second-order valence-electron chi connectivity index (χ2n) is 5.76. The van der Waals surface area contributed by atoms with E-state index in [9.17, 15) is 14.0 Å². The highest BCUT2D eigenvalue weighted by Crippen LogP contribution is 2.32. The van der Waals surface area contributed by atoms with Crippen LogP contribution in [0.3, 0.4) is 0 Å². The third-order valence-electron chi connectivity index (χ3n) is 3.82. The Hall–Kier alpha value is -2.74. The van der Waals surface area contributed by atoms with Crippen molar-refractivity contribution in [2.45, 2.75) is 27.3 Å². The molecule has 2 amide bonds. The number of carbonyl (C=O) groups excluding carboxylic acids is 2. The molecule has 0 bridgehead atoms. The number of rotatable bonds is 3. The van der Waals surface area contributed by atoms with Gasteiger partial charge < -0.3 is 0 Å². The van der Waals surface area contributed by atoms with Gasteiger partial charge in [-0.05, 0) is 44.5 Å². The summed E-state index contributed by atoms with van der Waals surface area (Å²) >= 11 is 1.19. The van der Waals surface area contributed by atoms with Gasteiger partial charge in [0.05, 0.1) is 10.6 Å². The fourth-order valence-corrected chi connectivity index (χ4v) is 3.78. The molecule has 0 aliphatic heterocycles. The van der Waals surface area contributed by atoms with Gasteiger partial charge >= 0.3 is 0 Å². The van der Waals surface area contributed by atoms with Crippen molar-refractivity contribution in [3.8, 4) is 0 Å². The van der Waals surface area contributed by atoms with E-state index in [2.05, 4.69) is 16.0 Å². The van der Waals surface area contributed by atoms with Gasteiger partial charge in [-0.2, -0.15) is 5.10 Å². The molecule has 0 spiro atoms. The number of hydrogen-bond donors (Lipinski definition) is 2. The molecule has 2 aromatic heterocycles. The van der Waals surface area contributed by atoms with E-state index in [4.69, 9.17) is 0 Å². The first-order chi connectivity index (χ1) is 11.9. The first-order valence-corrected chi connectivity index (χ1v) is 8.46. The number of amides is 2. The van der Waals surface area contributed by atoms with Crippen LogP contribution in [-0.4, -0.2) is 21.6 Å². The molecule has 2 N–H and O–H groups in total. The molecule has 1 aromatic carbocycles. The van der Waals surface area contributed by atoms with Gasteiger partial charge in [-0.25, -0.2) is 4.39 Å². The predicted octanol–water partition coefficient (Wildman–Crippen LogP) is 2.62. The van der Waals surface area contributed by atoms with Gasteiger partial charge in [-0.15, -0.1) is 11.3 Å². The van der Waals surface area contributed by atoms with Crippen molar-refractivity contribution < 1.29 is 14.0 Å². The molecule has 0 radical (unpaired) electrons. The first kappa shape index (κ1) is 17.1. The molecule has 3 aromatic rings. The number of nitrogens with one attached hydrogen (secondary N) is 2. The highest BCUT2D eigenvalue weighted by Gasteiger charge is 2.18. The molecule has 6 nitrogen and oxygen atoms in total. The Morgan fingerprint density at radius 1 is 1.24 bits per heavy atom. The van der Waals surface area contributed by atoms with Crippen molar-refractivity contribution in [2.75, 3.05) is 0 Å². The molecule has 0 atom stereocenters. The lowest BCUT2D eigenvalue weighted by atomic mass is 10.1. The third kappa shape index (κ3) is 3.39. The first-order valence-electron chi connectivity index (χ1n) is 7.64. The van der Waals surface area contributed by atoms with Crippen LogP contribution in [0.1, 0.15) is 26.6 Å². The number of hydrogen-bond acceptors (Lipinski definition) is 4. The van der Waals surface area contributed by atoms with Crippen molar-refractivity contribution in [1.29, 1.82) is 0 Å². The average molecular weight is 360 g/mol. The molecule has 2 heterocycles. The largest absolute Gasteiger partial charge is 0.280 e. The van der Waals surface area contributed by atoms with Crippen LogP contribution >= 0.6 is 11.3 Å². The fourth-order valence-electron chi connectivity index (χ4n) is 2.66. The van der Waals surface area contributed by atoms with Gasteiger partial charge in [0.25, 0.3) is 11.8 Å². The minimum absolute atomic E-state index is 0.0000202.